The van der Waals surface area contributed by atoms with Crippen molar-refractivity contribution in [2.24, 2.45) is 5.92 Å². The van der Waals surface area contributed by atoms with Crippen LogP contribution in [0, 0.1) is 5.92 Å². The molecule has 0 radical (unpaired) electrons. The first-order valence-electron chi connectivity index (χ1n) is 5.27. The van der Waals surface area contributed by atoms with Crippen LogP contribution in [0.1, 0.15) is 32.1 Å². The van der Waals surface area contributed by atoms with Gasteiger partial charge in [-0.15, -0.1) is 0 Å². The molecule has 1 nitrogen and oxygen atoms in total. The van der Waals surface area contributed by atoms with Gasteiger partial charge >= 0.3 is 0 Å². The van der Waals surface area contributed by atoms with Gasteiger partial charge in [-0.3, -0.25) is 0 Å². The average molecular weight is 175 g/mol. The van der Waals surface area contributed by atoms with Gasteiger partial charge in [0.2, 0.25) is 0 Å². The summed E-state index contributed by atoms with van der Waals surface area (Å²) in [5.74, 6) is 0.779. The summed E-state index contributed by atoms with van der Waals surface area (Å²) in [6.07, 6.45) is 17.4. The molecule has 2 aliphatic rings. The number of rotatable bonds is 1. The van der Waals surface area contributed by atoms with Crippen LogP contribution in [0.2, 0.25) is 0 Å². The van der Waals surface area contributed by atoms with E-state index in [0.717, 1.165) is 5.92 Å². The first-order valence-corrected chi connectivity index (χ1v) is 5.27. The lowest BCUT2D eigenvalue weighted by Crippen LogP contribution is -2.17. The minimum atomic E-state index is 0.779. The van der Waals surface area contributed by atoms with Crippen LogP contribution >= 0.6 is 0 Å². The molecule has 13 heavy (non-hydrogen) atoms. The molecular formula is C12H17N. The quantitative estimate of drug-likeness (QED) is 0.645. The van der Waals surface area contributed by atoms with Crippen molar-refractivity contribution < 1.29 is 0 Å². The van der Waals surface area contributed by atoms with Crippen LogP contribution in [0.15, 0.2) is 36.2 Å². The first-order chi connectivity index (χ1) is 6.47. The van der Waals surface area contributed by atoms with E-state index in [1.54, 1.807) is 0 Å². The summed E-state index contributed by atoms with van der Waals surface area (Å²) in [6.45, 7) is 0. The summed E-state index contributed by atoms with van der Waals surface area (Å²) < 4.78 is 0. The molecule has 1 aliphatic heterocycles. The normalized spacial score (nSPS) is 23.5. The van der Waals surface area contributed by atoms with Crippen molar-refractivity contribution in [3.63, 3.8) is 0 Å². The highest BCUT2D eigenvalue weighted by Crippen LogP contribution is 2.28. The third-order valence-electron chi connectivity index (χ3n) is 2.89. The van der Waals surface area contributed by atoms with Crippen LogP contribution in [0.3, 0.4) is 0 Å². The molecule has 0 spiro atoms. The zero-order chi connectivity index (χ0) is 8.93. The zero-order valence-corrected chi connectivity index (χ0v) is 8.00. The van der Waals surface area contributed by atoms with Crippen LogP contribution in [-0.4, -0.2) is 0 Å². The molecule has 0 saturated heterocycles. The van der Waals surface area contributed by atoms with Gasteiger partial charge in [0.05, 0.1) is 0 Å². The second kappa shape index (κ2) is 4.31. The van der Waals surface area contributed by atoms with Gasteiger partial charge < -0.3 is 5.32 Å². The Hall–Kier alpha value is -0.980. The van der Waals surface area contributed by atoms with Crippen molar-refractivity contribution in [3.05, 3.63) is 36.2 Å². The summed E-state index contributed by atoms with van der Waals surface area (Å²) >= 11 is 0. The van der Waals surface area contributed by atoms with E-state index in [2.05, 4.69) is 23.5 Å². The van der Waals surface area contributed by atoms with Gasteiger partial charge in [0.1, 0.15) is 0 Å². The van der Waals surface area contributed by atoms with Gasteiger partial charge in [-0.2, -0.15) is 0 Å². The summed E-state index contributed by atoms with van der Waals surface area (Å²) in [4.78, 5) is 0. The topological polar surface area (TPSA) is 12.0 Å². The van der Waals surface area contributed by atoms with E-state index in [1.807, 2.05) is 12.3 Å². The Morgan fingerprint density at radius 2 is 1.85 bits per heavy atom. The monoisotopic (exact) mass is 175 g/mol. The predicted molar refractivity (Wildman–Crippen MR) is 56.1 cm³/mol. The number of hydrogen-bond donors (Lipinski definition) is 1. The fourth-order valence-electron chi connectivity index (χ4n) is 2.14. The molecule has 0 atom stereocenters. The van der Waals surface area contributed by atoms with E-state index in [-0.39, 0.29) is 0 Å². The number of allylic oxidation sites excluding steroid dienone is 5. The van der Waals surface area contributed by atoms with Crippen LogP contribution in [0.25, 0.3) is 0 Å². The summed E-state index contributed by atoms with van der Waals surface area (Å²) in [5.41, 5.74) is 1.41. The Balaban J connectivity index is 2.01. The van der Waals surface area contributed by atoms with Gasteiger partial charge in [-0.05, 0) is 30.9 Å². The molecule has 0 unspecified atom stereocenters. The summed E-state index contributed by atoms with van der Waals surface area (Å²) in [5, 5.41) is 3.37. The fraction of sp³-hybridized carbons (Fsp3) is 0.500. The molecule has 1 saturated carbocycles. The third-order valence-corrected chi connectivity index (χ3v) is 2.89. The molecule has 70 valence electrons. The lowest BCUT2D eigenvalue weighted by molar-refractivity contribution is 0.393. The first kappa shape index (κ1) is 8.61. The van der Waals surface area contributed by atoms with Crippen LogP contribution < -0.4 is 5.32 Å². The minimum absolute atomic E-state index is 0.779. The van der Waals surface area contributed by atoms with Gasteiger partial charge in [0, 0.05) is 11.9 Å². The van der Waals surface area contributed by atoms with Crippen molar-refractivity contribution in [3.8, 4) is 0 Å². The van der Waals surface area contributed by atoms with Gasteiger partial charge in [-0.25, -0.2) is 0 Å². The second-order valence-electron chi connectivity index (χ2n) is 3.85. The van der Waals surface area contributed by atoms with E-state index >= 15 is 0 Å². The molecule has 1 heterocycles. The Bertz CT molecular complexity index is 242. The lowest BCUT2D eigenvalue weighted by Gasteiger charge is -2.23. The molecule has 0 bridgehead atoms. The van der Waals surface area contributed by atoms with Crippen LogP contribution in [-0.2, 0) is 0 Å². The summed E-state index contributed by atoms with van der Waals surface area (Å²) in [7, 11) is 0. The maximum absolute atomic E-state index is 3.37. The molecule has 0 aromatic heterocycles. The second-order valence-corrected chi connectivity index (χ2v) is 3.85. The Labute approximate surface area is 80.2 Å². The SMILES string of the molecule is C1=CC=C(C2CCCCC2)NC=C1. The molecule has 1 aliphatic carbocycles. The molecule has 2 rings (SSSR count). The highest BCUT2D eigenvalue weighted by atomic mass is 14.9. The largest absolute Gasteiger partial charge is 0.365 e. The summed E-state index contributed by atoms with van der Waals surface area (Å²) in [6, 6.07) is 0. The molecule has 0 aromatic rings. The van der Waals surface area contributed by atoms with E-state index < -0.39 is 0 Å². The highest BCUT2D eigenvalue weighted by molar-refractivity contribution is 5.22. The molecular weight excluding hydrogens is 158 g/mol. The maximum atomic E-state index is 3.37. The minimum Gasteiger partial charge on any atom is -0.365 e. The standard InChI is InChI=1S/C12H17N/c1-3-7-11(8-4-1)12-9-5-2-6-10-13-12/h2,5-6,9-11,13H,1,3-4,7-8H2. The highest BCUT2D eigenvalue weighted by Gasteiger charge is 2.16. The Morgan fingerprint density at radius 1 is 1.00 bits per heavy atom. The fourth-order valence-corrected chi connectivity index (χ4v) is 2.14. The number of hydrogen-bond acceptors (Lipinski definition) is 1. The molecule has 1 heteroatoms. The molecule has 1 N–H and O–H groups in total. The van der Waals surface area contributed by atoms with Crippen LogP contribution in [0.4, 0.5) is 0 Å². The van der Waals surface area contributed by atoms with Crippen molar-refractivity contribution in [1.82, 2.24) is 5.32 Å². The molecule has 0 aromatic carbocycles. The van der Waals surface area contributed by atoms with E-state index in [1.165, 1.54) is 37.8 Å². The van der Waals surface area contributed by atoms with E-state index in [9.17, 15) is 0 Å². The molecule has 0 amide bonds. The van der Waals surface area contributed by atoms with Crippen molar-refractivity contribution >= 4 is 0 Å². The smallest absolute Gasteiger partial charge is 0.0178 e. The average Bonchev–Trinajstić information content (AvgIpc) is 2.47. The maximum Gasteiger partial charge on any atom is 0.0178 e. The van der Waals surface area contributed by atoms with Crippen molar-refractivity contribution in [2.75, 3.05) is 0 Å². The van der Waals surface area contributed by atoms with Crippen LogP contribution in [0.5, 0.6) is 0 Å². The zero-order valence-electron chi connectivity index (χ0n) is 8.00. The number of nitrogens with one attached hydrogen (secondary N) is 1. The van der Waals surface area contributed by atoms with Crippen molar-refractivity contribution in [1.29, 1.82) is 0 Å². The molecule has 1 fully saturated rings. The Kier molecular flexibility index (Phi) is 2.86. The van der Waals surface area contributed by atoms with E-state index in [0.29, 0.717) is 0 Å². The third kappa shape index (κ3) is 2.24. The predicted octanol–water partition coefficient (Wildman–Crippen LogP) is 3.12. The van der Waals surface area contributed by atoms with Gasteiger partial charge in [0.15, 0.2) is 0 Å². The Morgan fingerprint density at radius 3 is 2.69 bits per heavy atom. The van der Waals surface area contributed by atoms with Gasteiger partial charge in [-0.1, -0.05) is 31.4 Å². The lowest BCUT2D eigenvalue weighted by atomic mass is 9.86. The van der Waals surface area contributed by atoms with E-state index in [4.69, 9.17) is 0 Å². The van der Waals surface area contributed by atoms with Gasteiger partial charge in [0.25, 0.3) is 0 Å². The van der Waals surface area contributed by atoms with Crippen molar-refractivity contribution in [2.45, 2.75) is 32.1 Å².